The smallest absolute Gasteiger partial charge is 0.122 e. The third kappa shape index (κ3) is 4.17. The maximum Gasteiger partial charge on any atom is 0.122 e. The summed E-state index contributed by atoms with van der Waals surface area (Å²) >= 11 is 0. The van der Waals surface area contributed by atoms with Crippen LogP contribution in [-0.4, -0.2) is 24.5 Å². The fraction of sp³-hybridized carbons (Fsp3) is 0.714. The Kier molecular flexibility index (Phi) is 4.24. The average molecular weight is 236 g/mol. The van der Waals surface area contributed by atoms with E-state index in [1.54, 1.807) is 0 Å². The molecular weight excluding hydrogens is 212 g/mol. The largest absolute Gasteiger partial charge is 0.468 e. The zero-order valence-corrected chi connectivity index (χ0v) is 11.2. The van der Waals surface area contributed by atoms with Crippen molar-refractivity contribution in [3.63, 3.8) is 0 Å². The van der Waals surface area contributed by atoms with Gasteiger partial charge in [0.1, 0.15) is 5.76 Å². The highest BCUT2D eigenvalue weighted by Crippen LogP contribution is 2.20. The highest BCUT2D eigenvalue weighted by atomic mass is 16.3. The van der Waals surface area contributed by atoms with Crippen LogP contribution in [-0.2, 0) is 13.1 Å². The minimum Gasteiger partial charge on any atom is -0.468 e. The molecule has 96 valence electrons. The second-order valence-electron chi connectivity index (χ2n) is 5.61. The fourth-order valence-corrected chi connectivity index (χ4v) is 2.14. The Hall–Kier alpha value is -0.800. The summed E-state index contributed by atoms with van der Waals surface area (Å²) < 4.78 is 5.59. The topological polar surface area (TPSA) is 28.4 Å². The second-order valence-corrected chi connectivity index (χ2v) is 5.61. The molecule has 0 aromatic carbocycles. The van der Waals surface area contributed by atoms with Crippen LogP contribution in [0.15, 0.2) is 16.7 Å². The van der Waals surface area contributed by atoms with E-state index in [0.717, 1.165) is 31.4 Å². The standard InChI is InChI=1S/C14H24N2O/c1-11(2)9-16(3)10-14-12(6-7-17-14)8-15-13-4-5-13/h6-7,11,13,15H,4-5,8-10H2,1-3H3. The van der Waals surface area contributed by atoms with Gasteiger partial charge in [0.05, 0.1) is 12.8 Å². The number of nitrogens with one attached hydrogen (secondary N) is 1. The number of rotatable bonds is 7. The van der Waals surface area contributed by atoms with Crippen molar-refractivity contribution < 1.29 is 4.42 Å². The summed E-state index contributed by atoms with van der Waals surface area (Å²) in [6.45, 7) is 7.46. The van der Waals surface area contributed by atoms with E-state index in [2.05, 4.69) is 37.2 Å². The Morgan fingerprint density at radius 1 is 1.47 bits per heavy atom. The van der Waals surface area contributed by atoms with Crippen LogP contribution in [0.3, 0.4) is 0 Å². The van der Waals surface area contributed by atoms with Crippen LogP contribution in [0.5, 0.6) is 0 Å². The van der Waals surface area contributed by atoms with Gasteiger partial charge in [0.25, 0.3) is 0 Å². The lowest BCUT2D eigenvalue weighted by Gasteiger charge is -2.18. The molecule has 3 nitrogen and oxygen atoms in total. The molecule has 1 aromatic heterocycles. The molecule has 0 bridgehead atoms. The zero-order chi connectivity index (χ0) is 12.3. The molecule has 1 N–H and O–H groups in total. The Balaban J connectivity index is 1.83. The fourth-order valence-electron chi connectivity index (χ4n) is 2.14. The van der Waals surface area contributed by atoms with Crippen LogP contribution in [0.4, 0.5) is 0 Å². The van der Waals surface area contributed by atoms with Crippen LogP contribution in [0.25, 0.3) is 0 Å². The van der Waals surface area contributed by atoms with Crippen LogP contribution < -0.4 is 5.32 Å². The first-order valence-corrected chi connectivity index (χ1v) is 6.62. The van der Waals surface area contributed by atoms with E-state index in [0.29, 0.717) is 5.92 Å². The molecule has 1 saturated carbocycles. The van der Waals surface area contributed by atoms with Crippen LogP contribution in [0.2, 0.25) is 0 Å². The van der Waals surface area contributed by atoms with Crippen molar-refractivity contribution >= 4 is 0 Å². The molecule has 1 heterocycles. The molecule has 0 saturated heterocycles. The van der Waals surface area contributed by atoms with Crippen molar-refractivity contribution in [2.24, 2.45) is 5.92 Å². The predicted molar refractivity (Wildman–Crippen MR) is 69.7 cm³/mol. The number of furan rings is 1. The van der Waals surface area contributed by atoms with E-state index >= 15 is 0 Å². The lowest BCUT2D eigenvalue weighted by Crippen LogP contribution is -2.23. The second kappa shape index (κ2) is 5.69. The molecule has 1 fully saturated rings. The van der Waals surface area contributed by atoms with Crippen molar-refractivity contribution in [1.82, 2.24) is 10.2 Å². The van der Waals surface area contributed by atoms with Crippen molar-refractivity contribution in [2.45, 2.75) is 45.8 Å². The van der Waals surface area contributed by atoms with Crippen molar-refractivity contribution in [3.05, 3.63) is 23.7 Å². The Morgan fingerprint density at radius 3 is 2.88 bits per heavy atom. The van der Waals surface area contributed by atoms with Gasteiger partial charge in [-0.15, -0.1) is 0 Å². The molecule has 1 aliphatic rings. The van der Waals surface area contributed by atoms with Gasteiger partial charge in [0.2, 0.25) is 0 Å². The van der Waals surface area contributed by atoms with Crippen LogP contribution in [0, 0.1) is 5.92 Å². The SMILES string of the molecule is CC(C)CN(C)Cc1occc1CNC1CC1. The van der Waals surface area contributed by atoms with Gasteiger partial charge in [-0.05, 0) is 31.9 Å². The van der Waals surface area contributed by atoms with E-state index in [9.17, 15) is 0 Å². The molecule has 17 heavy (non-hydrogen) atoms. The summed E-state index contributed by atoms with van der Waals surface area (Å²) in [5, 5.41) is 3.53. The predicted octanol–water partition coefficient (Wildman–Crippen LogP) is 2.62. The van der Waals surface area contributed by atoms with Gasteiger partial charge in [-0.25, -0.2) is 0 Å². The molecule has 1 aromatic rings. The minimum absolute atomic E-state index is 0.697. The van der Waals surface area contributed by atoms with Gasteiger partial charge in [0.15, 0.2) is 0 Å². The van der Waals surface area contributed by atoms with E-state index < -0.39 is 0 Å². The third-order valence-corrected chi connectivity index (χ3v) is 3.09. The number of hydrogen-bond donors (Lipinski definition) is 1. The van der Waals surface area contributed by atoms with Gasteiger partial charge < -0.3 is 9.73 Å². The molecule has 0 spiro atoms. The normalized spacial score (nSPS) is 16.1. The van der Waals surface area contributed by atoms with Gasteiger partial charge in [0, 0.05) is 24.7 Å². The van der Waals surface area contributed by atoms with Gasteiger partial charge in [-0.1, -0.05) is 13.8 Å². The average Bonchev–Trinajstić information content (AvgIpc) is 2.96. The number of hydrogen-bond acceptors (Lipinski definition) is 3. The Morgan fingerprint density at radius 2 is 2.24 bits per heavy atom. The van der Waals surface area contributed by atoms with Crippen molar-refractivity contribution in [1.29, 1.82) is 0 Å². The van der Waals surface area contributed by atoms with Crippen molar-refractivity contribution in [3.8, 4) is 0 Å². The molecule has 0 unspecified atom stereocenters. The molecule has 3 heteroatoms. The molecule has 1 aliphatic carbocycles. The first-order valence-electron chi connectivity index (χ1n) is 6.62. The van der Waals surface area contributed by atoms with E-state index in [1.165, 1.54) is 18.4 Å². The molecule has 0 radical (unpaired) electrons. The summed E-state index contributed by atoms with van der Waals surface area (Å²) in [5.74, 6) is 1.81. The molecule has 2 rings (SSSR count). The third-order valence-electron chi connectivity index (χ3n) is 3.09. The summed E-state index contributed by atoms with van der Waals surface area (Å²) in [6, 6.07) is 2.85. The highest BCUT2D eigenvalue weighted by Gasteiger charge is 2.21. The highest BCUT2D eigenvalue weighted by molar-refractivity contribution is 5.17. The van der Waals surface area contributed by atoms with Crippen LogP contribution >= 0.6 is 0 Å². The van der Waals surface area contributed by atoms with Gasteiger partial charge >= 0.3 is 0 Å². The first-order chi connectivity index (χ1) is 8.15. The van der Waals surface area contributed by atoms with Crippen LogP contribution in [0.1, 0.15) is 38.0 Å². The molecule has 0 atom stereocenters. The van der Waals surface area contributed by atoms with E-state index in [1.807, 2.05) is 6.26 Å². The van der Waals surface area contributed by atoms with E-state index in [-0.39, 0.29) is 0 Å². The molecule has 0 aliphatic heterocycles. The summed E-state index contributed by atoms with van der Waals surface area (Å²) in [7, 11) is 2.15. The quantitative estimate of drug-likeness (QED) is 0.789. The molecular formula is C14H24N2O. The lowest BCUT2D eigenvalue weighted by molar-refractivity contribution is 0.263. The van der Waals surface area contributed by atoms with Crippen molar-refractivity contribution in [2.75, 3.05) is 13.6 Å². The maximum atomic E-state index is 5.59. The maximum absolute atomic E-state index is 5.59. The Bertz CT molecular complexity index is 342. The summed E-state index contributed by atoms with van der Waals surface area (Å²) in [5.41, 5.74) is 1.31. The summed E-state index contributed by atoms with van der Waals surface area (Å²) in [4.78, 5) is 2.32. The van der Waals surface area contributed by atoms with Gasteiger partial charge in [-0.2, -0.15) is 0 Å². The summed E-state index contributed by atoms with van der Waals surface area (Å²) in [6.07, 6.45) is 4.48. The van der Waals surface area contributed by atoms with Gasteiger partial charge in [-0.3, -0.25) is 4.90 Å². The molecule has 0 amide bonds. The monoisotopic (exact) mass is 236 g/mol. The first kappa shape index (κ1) is 12.7. The minimum atomic E-state index is 0.697. The van der Waals surface area contributed by atoms with E-state index in [4.69, 9.17) is 4.42 Å². The Labute approximate surface area is 104 Å². The number of nitrogens with zero attached hydrogens (tertiary/aromatic N) is 1. The lowest BCUT2D eigenvalue weighted by atomic mass is 10.2. The zero-order valence-electron chi connectivity index (χ0n) is 11.2.